The zero-order chi connectivity index (χ0) is 19.0. The van der Waals surface area contributed by atoms with Crippen LogP contribution in [0.2, 0.25) is 0 Å². The summed E-state index contributed by atoms with van der Waals surface area (Å²) in [6.45, 7) is 4.53. The number of hydrogen-bond donors (Lipinski definition) is 1. The van der Waals surface area contributed by atoms with E-state index in [1.807, 2.05) is 24.3 Å². The Morgan fingerprint density at radius 2 is 1.78 bits per heavy atom. The number of piperidine rings is 1. The summed E-state index contributed by atoms with van der Waals surface area (Å²) in [5.41, 5.74) is 5.60. The average Bonchev–Trinajstić information content (AvgIpc) is 3.11. The Labute approximate surface area is 167 Å². The minimum Gasteiger partial charge on any atom is -0.357 e. The van der Waals surface area contributed by atoms with Crippen LogP contribution >= 0.6 is 15.9 Å². The van der Waals surface area contributed by atoms with Gasteiger partial charge in [-0.1, -0.05) is 6.92 Å². The quantitative estimate of drug-likeness (QED) is 0.549. The summed E-state index contributed by atoms with van der Waals surface area (Å²) in [6.07, 6.45) is 4.04. The first-order valence-electron chi connectivity index (χ1n) is 9.24. The Hall–Kier alpha value is -1.98. The van der Waals surface area contributed by atoms with Crippen molar-refractivity contribution in [2.45, 2.75) is 25.2 Å². The van der Waals surface area contributed by atoms with Crippen molar-refractivity contribution in [3.63, 3.8) is 0 Å². The zero-order valence-corrected chi connectivity index (χ0v) is 17.2. The van der Waals surface area contributed by atoms with Gasteiger partial charge in [-0.05, 0) is 103 Å². The van der Waals surface area contributed by atoms with Gasteiger partial charge in [-0.2, -0.15) is 0 Å². The van der Waals surface area contributed by atoms with Gasteiger partial charge in [-0.15, -0.1) is 0 Å². The lowest BCUT2D eigenvalue weighted by Crippen LogP contribution is -2.39. The first-order chi connectivity index (χ1) is 12.9. The van der Waals surface area contributed by atoms with Crippen molar-refractivity contribution in [3.05, 3.63) is 64.8 Å². The molecule has 1 N–H and O–H groups in total. The third-order valence-electron chi connectivity index (χ3n) is 5.73. The predicted octanol–water partition coefficient (Wildman–Crippen LogP) is 5.63. The third kappa shape index (κ3) is 3.71. The fourth-order valence-corrected chi connectivity index (χ4v) is 4.17. The SMILES string of the molecule is CN1CCC(C)(c2cc(-c3ccnc(Br)c3)c(-c3ccc(F)cc3)[nH]2)CC1. The Morgan fingerprint density at radius 1 is 1.07 bits per heavy atom. The lowest BCUT2D eigenvalue weighted by atomic mass is 9.77. The van der Waals surface area contributed by atoms with E-state index in [1.54, 1.807) is 6.20 Å². The Balaban J connectivity index is 1.83. The molecular weight excluding hydrogens is 405 g/mol. The Bertz CT molecular complexity index is 940. The number of rotatable bonds is 3. The van der Waals surface area contributed by atoms with Gasteiger partial charge < -0.3 is 9.88 Å². The summed E-state index contributed by atoms with van der Waals surface area (Å²) in [6, 6.07) is 13.0. The van der Waals surface area contributed by atoms with Crippen molar-refractivity contribution < 1.29 is 4.39 Å². The van der Waals surface area contributed by atoms with E-state index in [2.05, 4.69) is 50.8 Å². The number of likely N-dealkylation sites (tertiary alicyclic amines) is 1. The Morgan fingerprint density at radius 3 is 2.44 bits per heavy atom. The maximum atomic E-state index is 13.4. The van der Waals surface area contributed by atoms with Crippen LogP contribution in [0.4, 0.5) is 4.39 Å². The van der Waals surface area contributed by atoms with Crippen LogP contribution in [0.15, 0.2) is 53.3 Å². The van der Waals surface area contributed by atoms with Gasteiger partial charge in [0.25, 0.3) is 0 Å². The topological polar surface area (TPSA) is 31.9 Å². The molecule has 3 heterocycles. The molecule has 0 aliphatic carbocycles. The highest BCUT2D eigenvalue weighted by Gasteiger charge is 2.33. The number of aromatic nitrogens is 2. The third-order valence-corrected chi connectivity index (χ3v) is 6.16. The number of hydrogen-bond acceptors (Lipinski definition) is 2. The molecule has 0 atom stereocenters. The van der Waals surface area contributed by atoms with Crippen LogP contribution in [0.5, 0.6) is 0 Å². The van der Waals surface area contributed by atoms with Crippen LogP contribution in [0.25, 0.3) is 22.4 Å². The zero-order valence-electron chi connectivity index (χ0n) is 15.6. The Kier molecular flexibility index (Phi) is 4.91. The van der Waals surface area contributed by atoms with Crippen LogP contribution in [0.3, 0.4) is 0 Å². The van der Waals surface area contributed by atoms with E-state index in [1.165, 1.54) is 17.8 Å². The summed E-state index contributed by atoms with van der Waals surface area (Å²) in [7, 11) is 2.18. The van der Waals surface area contributed by atoms with Gasteiger partial charge >= 0.3 is 0 Å². The molecule has 1 aliphatic rings. The molecule has 27 heavy (non-hydrogen) atoms. The maximum Gasteiger partial charge on any atom is 0.123 e. The van der Waals surface area contributed by atoms with Crippen molar-refractivity contribution in [1.29, 1.82) is 0 Å². The van der Waals surface area contributed by atoms with Crippen LogP contribution in [0, 0.1) is 5.82 Å². The number of aromatic amines is 1. The fourth-order valence-electron chi connectivity index (χ4n) is 3.80. The summed E-state index contributed by atoms with van der Waals surface area (Å²) in [5, 5.41) is 0. The summed E-state index contributed by atoms with van der Waals surface area (Å²) in [5.74, 6) is -0.221. The van der Waals surface area contributed by atoms with Crippen LogP contribution in [0.1, 0.15) is 25.5 Å². The average molecular weight is 428 g/mol. The second kappa shape index (κ2) is 7.21. The van der Waals surface area contributed by atoms with Gasteiger partial charge in [0.2, 0.25) is 0 Å². The van der Waals surface area contributed by atoms with Gasteiger partial charge in [-0.25, -0.2) is 9.37 Å². The largest absolute Gasteiger partial charge is 0.357 e. The number of H-pyrrole nitrogens is 1. The highest BCUT2D eigenvalue weighted by atomic mass is 79.9. The van der Waals surface area contributed by atoms with E-state index < -0.39 is 0 Å². The molecule has 4 rings (SSSR count). The molecule has 5 heteroatoms. The number of nitrogens with zero attached hydrogens (tertiary/aromatic N) is 2. The molecule has 0 radical (unpaired) electrons. The molecule has 0 spiro atoms. The molecule has 0 unspecified atom stereocenters. The maximum absolute atomic E-state index is 13.4. The summed E-state index contributed by atoms with van der Waals surface area (Å²) < 4.78 is 14.2. The first-order valence-corrected chi connectivity index (χ1v) is 10.0. The predicted molar refractivity (Wildman–Crippen MR) is 111 cm³/mol. The fraction of sp³-hybridized carbons (Fsp3) is 0.318. The first kappa shape index (κ1) is 18.4. The monoisotopic (exact) mass is 427 g/mol. The molecule has 140 valence electrons. The van der Waals surface area contributed by atoms with Crippen LogP contribution in [-0.2, 0) is 5.41 Å². The number of pyridine rings is 1. The molecule has 1 aromatic carbocycles. The van der Waals surface area contributed by atoms with Crippen LogP contribution in [-0.4, -0.2) is 35.0 Å². The van der Waals surface area contributed by atoms with Gasteiger partial charge in [0.15, 0.2) is 0 Å². The second-order valence-electron chi connectivity index (χ2n) is 7.71. The van der Waals surface area contributed by atoms with E-state index >= 15 is 0 Å². The van der Waals surface area contributed by atoms with Crippen molar-refractivity contribution in [1.82, 2.24) is 14.9 Å². The van der Waals surface area contributed by atoms with Gasteiger partial charge in [0.1, 0.15) is 10.4 Å². The van der Waals surface area contributed by atoms with Gasteiger partial charge in [0.05, 0.1) is 5.69 Å². The van der Waals surface area contributed by atoms with Crippen molar-refractivity contribution in [3.8, 4) is 22.4 Å². The minimum atomic E-state index is -0.221. The smallest absolute Gasteiger partial charge is 0.123 e. The number of benzene rings is 1. The molecule has 1 fully saturated rings. The molecular formula is C22H23BrFN3. The van der Waals surface area contributed by atoms with E-state index in [9.17, 15) is 4.39 Å². The van der Waals surface area contributed by atoms with E-state index in [0.29, 0.717) is 0 Å². The molecule has 2 aromatic heterocycles. The molecule has 1 aliphatic heterocycles. The highest BCUT2D eigenvalue weighted by molar-refractivity contribution is 9.10. The van der Waals surface area contributed by atoms with Crippen molar-refractivity contribution in [2.75, 3.05) is 20.1 Å². The second-order valence-corrected chi connectivity index (χ2v) is 8.52. The molecule has 0 bridgehead atoms. The van der Waals surface area contributed by atoms with Gasteiger partial charge in [0, 0.05) is 22.9 Å². The van der Waals surface area contributed by atoms with E-state index in [0.717, 1.165) is 52.9 Å². The number of nitrogens with one attached hydrogen (secondary N) is 1. The van der Waals surface area contributed by atoms with Crippen LogP contribution < -0.4 is 0 Å². The highest BCUT2D eigenvalue weighted by Crippen LogP contribution is 2.40. The van der Waals surface area contributed by atoms with E-state index in [-0.39, 0.29) is 11.2 Å². The molecule has 3 aromatic rings. The lowest BCUT2D eigenvalue weighted by Gasteiger charge is -2.37. The number of halogens is 2. The molecule has 0 saturated carbocycles. The normalized spacial score (nSPS) is 17.2. The van der Waals surface area contributed by atoms with Crippen molar-refractivity contribution in [2.24, 2.45) is 0 Å². The molecule has 0 amide bonds. The van der Waals surface area contributed by atoms with E-state index in [4.69, 9.17) is 0 Å². The standard InChI is InChI=1S/C22H23BrFN3/c1-22(8-11-27(2)12-9-22)19-14-18(16-7-10-25-20(23)13-16)21(26-19)15-3-5-17(24)6-4-15/h3-7,10,13-14,26H,8-9,11-12H2,1-2H3. The molecule has 3 nitrogen and oxygen atoms in total. The molecule has 1 saturated heterocycles. The minimum absolute atomic E-state index is 0.115. The summed E-state index contributed by atoms with van der Waals surface area (Å²) >= 11 is 3.47. The van der Waals surface area contributed by atoms with Crippen molar-refractivity contribution >= 4 is 15.9 Å². The van der Waals surface area contributed by atoms with Gasteiger partial charge in [-0.3, -0.25) is 0 Å². The summed E-state index contributed by atoms with van der Waals surface area (Å²) in [4.78, 5) is 10.3. The lowest BCUT2D eigenvalue weighted by molar-refractivity contribution is 0.197.